The summed E-state index contributed by atoms with van der Waals surface area (Å²) in [5.74, 6) is 1.56. The first-order chi connectivity index (χ1) is 9.58. The van der Waals surface area contributed by atoms with E-state index in [9.17, 15) is 4.79 Å². The van der Waals surface area contributed by atoms with Crippen molar-refractivity contribution in [2.75, 3.05) is 19.6 Å². The first kappa shape index (κ1) is 14.9. The molecule has 0 bridgehead atoms. The minimum Gasteiger partial charge on any atom is -0.352 e. The van der Waals surface area contributed by atoms with E-state index in [1.165, 1.54) is 6.42 Å². The molecule has 0 aromatic carbocycles. The van der Waals surface area contributed by atoms with Gasteiger partial charge in [0.25, 0.3) is 5.91 Å². The smallest absolute Gasteiger partial charge is 0.254 e. The lowest BCUT2D eigenvalue weighted by atomic mass is 10.0. The Balaban J connectivity index is 1.94. The second-order valence-electron chi connectivity index (χ2n) is 5.77. The van der Waals surface area contributed by atoms with Crippen molar-refractivity contribution in [3.05, 3.63) is 23.3 Å². The van der Waals surface area contributed by atoms with Crippen molar-refractivity contribution in [3.8, 4) is 0 Å². The molecule has 1 aromatic heterocycles. The zero-order chi connectivity index (χ0) is 14.5. The van der Waals surface area contributed by atoms with Crippen LogP contribution in [-0.2, 0) is 0 Å². The fraction of sp³-hybridized carbons (Fsp3) is 0.667. The minimum absolute atomic E-state index is 0.0559. The third kappa shape index (κ3) is 3.76. The molecule has 20 heavy (non-hydrogen) atoms. The second kappa shape index (κ2) is 6.79. The van der Waals surface area contributed by atoms with E-state index in [1.54, 1.807) is 6.20 Å². The molecule has 2 rings (SSSR count). The summed E-state index contributed by atoms with van der Waals surface area (Å²) in [5, 5.41) is 6.33. The molecule has 1 amide bonds. The number of nitrogens with one attached hydrogen (secondary N) is 2. The van der Waals surface area contributed by atoms with Gasteiger partial charge >= 0.3 is 0 Å². The predicted octanol–water partition coefficient (Wildman–Crippen LogP) is 1.64. The molecule has 1 aromatic rings. The largest absolute Gasteiger partial charge is 0.352 e. The molecule has 1 saturated heterocycles. The molecule has 0 radical (unpaired) electrons. The molecule has 5 nitrogen and oxygen atoms in total. The van der Waals surface area contributed by atoms with E-state index < -0.39 is 0 Å². The number of hydrogen-bond acceptors (Lipinski definition) is 4. The van der Waals surface area contributed by atoms with Gasteiger partial charge < -0.3 is 10.6 Å². The van der Waals surface area contributed by atoms with Gasteiger partial charge in [0.1, 0.15) is 5.82 Å². The third-order valence-corrected chi connectivity index (χ3v) is 3.73. The van der Waals surface area contributed by atoms with Gasteiger partial charge in [0, 0.05) is 12.7 Å². The highest BCUT2D eigenvalue weighted by atomic mass is 16.1. The van der Waals surface area contributed by atoms with Gasteiger partial charge in [-0.25, -0.2) is 9.97 Å². The lowest BCUT2D eigenvalue weighted by molar-refractivity contribution is 0.0949. The maximum atomic E-state index is 12.2. The van der Waals surface area contributed by atoms with Crippen molar-refractivity contribution < 1.29 is 4.79 Å². The molecule has 1 aliphatic heterocycles. The van der Waals surface area contributed by atoms with Crippen LogP contribution in [0.4, 0.5) is 0 Å². The van der Waals surface area contributed by atoms with Crippen LogP contribution in [-0.4, -0.2) is 35.5 Å². The van der Waals surface area contributed by atoms with Gasteiger partial charge in [0.05, 0.1) is 11.3 Å². The molecule has 0 aliphatic carbocycles. The molecular weight excluding hydrogens is 252 g/mol. The Morgan fingerprint density at radius 3 is 3.00 bits per heavy atom. The standard InChI is InChI=1S/C15H24N4O/c1-10(2)14-13(9-18-11(3)19-14)15(20)17-7-5-12-4-6-16-8-12/h9-10,12,16H,4-8H2,1-3H3,(H,17,20). The van der Waals surface area contributed by atoms with Crippen molar-refractivity contribution in [3.63, 3.8) is 0 Å². The fourth-order valence-electron chi connectivity index (χ4n) is 2.55. The normalized spacial score (nSPS) is 18.5. The summed E-state index contributed by atoms with van der Waals surface area (Å²) in [6, 6.07) is 0. The zero-order valence-corrected chi connectivity index (χ0v) is 12.6. The van der Waals surface area contributed by atoms with E-state index in [0.717, 1.165) is 31.7 Å². The number of nitrogens with zero attached hydrogens (tertiary/aromatic N) is 2. The summed E-state index contributed by atoms with van der Waals surface area (Å²) in [5.41, 5.74) is 1.44. The van der Waals surface area contributed by atoms with Gasteiger partial charge in [-0.2, -0.15) is 0 Å². The molecule has 1 aliphatic rings. The van der Waals surface area contributed by atoms with Crippen LogP contribution >= 0.6 is 0 Å². The molecular formula is C15H24N4O. The highest BCUT2D eigenvalue weighted by molar-refractivity contribution is 5.95. The van der Waals surface area contributed by atoms with Crippen LogP contribution in [0.15, 0.2) is 6.20 Å². The van der Waals surface area contributed by atoms with Gasteiger partial charge in [0.15, 0.2) is 0 Å². The van der Waals surface area contributed by atoms with Crippen LogP contribution in [0.5, 0.6) is 0 Å². The van der Waals surface area contributed by atoms with E-state index in [4.69, 9.17) is 0 Å². The maximum Gasteiger partial charge on any atom is 0.254 e. The number of carbonyl (C=O) groups excluding carboxylic acids is 1. The molecule has 1 unspecified atom stereocenters. The summed E-state index contributed by atoms with van der Waals surface area (Å²) in [4.78, 5) is 20.8. The Bertz CT molecular complexity index is 467. The third-order valence-electron chi connectivity index (χ3n) is 3.73. The Kier molecular flexibility index (Phi) is 5.06. The minimum atomic E-state index is -0.0559. The van der Waals surface area contributed by atoms with Crippen LogP contribution in [0.3, 0.4) is 0 Å². The molecule has 0 spiro atoms. The van der Waals surface area contributed by atoms with E-state index in [0.29, 0.717) is 17.3 Å². The molecule has 110 valence electrons. The van der Waals surface area contributed by atoms with Crippen LogP contribution in [0.1, 0.15) is 54.5 Å². The van der Waals surface area contributed by atoms with Gasteiger partial charge in [-0.05, 0) is 44.7 Å². The van der Waals surface area contributed by atoms with Crippen LogP contribution < -0.4 is 10.6 Å². The highest BCUT2D eigenvalue weighted by Crippen LogP contribution is 2.17. The first-order valence-corrected chi connectivity index (χ1v) is 7.40. The molecule has 2 heterocycles. The Hall–Kier alpha value is -1.49. The van der Waals surface area contributed by atoms with Crippen LogP contribution in [0, 0.1) is 12.8 Å². The first-order valence-electron chi connectivity index (χ1n) is 7.40. The summed E-state index contributed by atoms with van der Waals surface area (Å²) >= 11 is 0. The van der Waals surface area contributed by atoms with E-state index in [1.807, 2.05) is 20.8 Å². The zero-order valence-electron chi connectivity index (χ0n) is 12.6. The summed E-state index contributed by atoms with van der Waals surface area (Å²) in [7, 11) is 0. The molecule has 0 saturated carbocycles. The van der Waals surface area contributed by atoms with E-state index in [-0.39, 0.29) is 11.8 Å². The van der Waals surface area contributed by atoms with Gasteiger partial charge in [-0.3, -0.25) is 4.79 Å². The van der Waals surface area contributed by atoms with Crippen LogP contribution in [0.2, 0.25) is 0 Å². The van der Waals surface area contributed by atoms with Crippen molar-refractivity contribution in [1.29, 1.82) is 0 Å². The van der Waals surface area contributed by atoms with Gasteiger partial charge in [-0.1, -0.05) is 13.8 Å². The quantitative estimate of drug-likeness (QED) is 0.858. The average Bonchev–Trinajstić information content (AvgIpc) is 2.91. The maximum absolute atomic E-state index is 12.2. The van der Waals surface area contributed by atoms with E-state index in [2.05, 4.69) is 20.6 Å². The Morgan fingerprint density at radius 1 is 1.55 bits per heavy atom. The van der Waals surface area contributed by atoms with Crippen LogP contribution in [0.25, 0.3) is 0 Å². The van der Waals surface area contributed by atoms with Crippen molar-refractivity contribution >= 4 is 5.91 Å². The number of hydrogen-bond donors (Lipinski definition) is 2. The lowest BCUT2D eigenvalue weighted by Gasteiger charge is -2.13. The van der Waals surface area contributed by atoms with Gasteiger partial charge in [0.2, 0.25) is 0 Å². The Labute approximate surface area is 120 Å². The topological polar surface area (TPSA) is 66.9 Å². The molecule has 2 N–H and O–H groups in total. The van der Waals surface area contributed by atoms with E-state index >= 15 is 0 Å². The number of carbonyl (C=O) groups is 1. The summed E-state index contributed by atoms with van der Waals surface area (Å²) in [6.07, 6.45) is 3.88. The summed E-state index contributed by atoms with van der Waals surface area (Å²) in [6.45, 7) is 8.82. The highest BCUT2D eigenvalue weighted by Gasteiger charge is 2.18. The molecule has 1 atom stereocenters. The fourth-order valence-corrected chi connectivity index (χ4v) is 2.55. The monoisotopic (exact) mass is 276 g/mol. The predicted molar refractivity (Wildman–Crippen MR) is 78.8 cm³/mol. The van der Waals surface area contributed by atoms with Crippen molar-refractivity contribution in [1.82, 2.24) is 20.6 Å². The molecule has 5 heteroatoms. The lowest BCUT2D eigenvalue weighted by Crippen LogP contribution is -2.28. The number of aryl methyl sites for hydroxylation is 1. The number of aromatic nitrogens is 2. The van der Waals surface area contributed by atoms with Crippen molar-refractivity contribution in [2.24, 2.45) is 5.92 Å². The number of rotatable bonds is 5. The number of amides is 1. The molecule has 1 fully saturated rings. The summed E-state index contributed by atoms with van der Waals surface area (Å²) < 4.78 is 0. The average molecular weight is 276 g/mol. The second-order valence-corrected chi connectivity index (χ2v) is 5.77. The van der Waals surface area contributed by atoms with Crippen molar-refractivity contribution in [2.45, 2.75) is 39.5 Å². The Morgan fingerprint density at radius 2 is 2.35 bits per heavy atom. The van der Waals surface area contributed by atoms with Gasteiger partial charge in [-0.15, -0.1) is 0 Å². The SMILES string of the molecule is Cc1ncc(C(=O)NCCC2CCNC2)c(C(C)C)n1.